The van der Waals surface area contributed by atoms with E-state index in [9.17, 15) is 18.4 Å². The molecular weight excluding hydrogens is 582 g/mol. The molecule has 260 valence electrons. The molecule has 0 radical (unpaired) electrons. The third kappa shape index (κ3) is 20.0. The Morgan fingerprint density at radius 1 is 0.891 bits per heavy atom. The molecule has 0 aliphatic rings. The van der Waals surface area contributed by atoms with Crippen LogP contribution in [0.15, 0.2) is 54.2 Å². The molecule has 6 nitrogen and oxygen atoms in total. The predicted molar refractivity (Wildman–Crippen MR) is 190 cm³/mol. The van der Waals surface area contributed by atoms with Gasteiger partial charge in [-0.15, -0.1) is 0 Å². The Labute approximate surface area is 278 Å². The Kier molecular flexibility index (Phi) is 25.0. The molecule has 0 aliphatic carbocycles. The zero-order valence-electron chi connectivity index (χ0n) is 29.8. The van der Waals surface area contributed by atoms with Crippen molar-refractivity contribution in [3.63, 3.8) is 0 Å². The molecule has 2 amide bonds. The lowest BCUT2D eigenvalue weighted by Crippen LogP contribution is -2.49. The number of hydrogen-bond acceptors (Lipinski definition) is 4. The number of aryl methyl sites for hydroxylation is 2. The maximum atomic E-state index is 14.1. The summed E-state index contributed by atoms with van der Waals surface area (Å²) in [7, 11) is 0. The highest BCUT2D eigenvalue weighted by Gasteiger charge is 2.19. The Morgan fingerprint density at radius 2 is 1.59 bits per heavy atom. The Hall–Kier alpha value is -3.26. The number of carbonyl (C=O) groups is 2. The quantitative estimate of drug-likeness (QED) is 0.124. The standard InChI is InChI=1S/C28H47FN4O2.C7H7F.C3H8/c1-6-12-23(19-31-21(5)9-4)32-20-27(34)33-26(14-8-3)28(35)30-18-11-16-22-15-10-17-25(29)24(22)13-7-2;1-6-3-2-4-7(8)5-6;1-3-2/h10,12,15,17,21,26,31-32H,6-9,11,13-14,16,18-20H2,1-5H3,(H,30,35)(H,33,34);2-5H,1H3;3H2,1-2H3/t21-,26?;;/m0../s1. The molecule has 2 atom stereocenters. The van der Waals surface area contributed by atoms with E-state index in [1.54, 1.807) is 12.1 Å². The maximum absolute atomic E-state index is 14.1. The van der Waals surface area contributed by atoms with Gasteiger partial charge in [-0.2, -0.15) is 0 Å². The second-order valence-electron chi connectivity index (χ2n) is 11.6. The topological polar surface area (TPSA) is 82.3 Å². The molecule has 0 saturated carbocycles. The van der Waals surface area contributed by atoms with Crippen molar-refractivity contribution in [1.29, 1.82) is 0 Å². The van der Waals surface area contributed by atoms with Gasteiger partial charge < -0.3 is 21.3 Å². The molecule has 0 spiro atoms. The van der Waals surface area contributed by atoms with Crippen LogP contribution < -0.4 is 21.3 Å². The van der Waals surface area contributed by atoms with Crippen molar-refractivity contribution in [1.82, 2.24) is 21.3 Å². The summed E-state index contributed by atoms with van der Waals surface area (Å²) in [4.78, 5) is 25.3. The molecule has 46 heavy (non-hydrogen) atoms. The van der Waals surface area contributed by atoms with Crippen LogP contribution in [0.25, 0.3) is 0 Å². The van der Waals surface area contributed by atoms with E-state index in [0.717, 1.165) is 54.5 Å². The Balaban J connectivity index is 0.00000155. The van der Waals surface area contributed by atoms with E-state index in [-0.39, 0.29) is 30.0 Å². The Bertz CT molecular complexity index is 1120. The van der Waals surface area contributed by atoms with Crippen LogP contribution in [0.4, 0.5) is 8.78 Å². The minimum atomic E-state index is -0.559. The summed E-state index contributed by atoms with van der Waals surface area (Å²) in [6.07, 6.45) is 9.64. The van der Waals surface area contributed by atoms with Crippen LogP contribution in [0.3, 0.4) is 0 Å². The molecule has 8 heteroatoms. The number of halogens is 2. The van der Waals surface area contributed by atoms with Gasteiger partial charge in [0.05, 0.1) is 6.54 Å². The Morgan fingerprint density at radius 3 is 2.15 bits per heavy atom. The average molecular weight is 645 g/mol. The third-order valence-electron chi connectivity index (χ3n) is 7.03. The van der Waals surface area contributed by atoms with Crippen molar-refractivity contribution in [3.8, 4) is 0 Å². The van der Waals surface area contributed by atoms with E-state index in [1.165, 1.54) is 24.6 Å². The summed E-state index contributed by atoms with van der Waals surface area (Å²) in [5, 5.41) is 12.4. The fraction of sp³-hybridized carbons (Fsp3) is 0.579. The molecule has 0 saturated heterocycles. The molecule has 0 fully saturated rings. The van der Waals surface area contributed by atoms with Gasteiger partial charge in [-0.25, -0.2) is 8.78 Å². The van der Waals surface area contributed by atoms with Crippen molar-refractivity contribution in [2.45, 2.75) is 125 Å². The molecule has 0 aromatic heterocycles. The number of carbonyl (C=O) groups excluding carboxylic acids is 2. The van der Waals surface area contributed by atoms with Crippen molar-refractivity contribution >= 4 is 11.8 Å². The first-order chi connectivity index (χ1) is 22.1. The minimum Gasteiger partial charge on any atom is -0.379 e. The van der Waals surface area contributed by atoms with Gasteiger partial charge in [-0.05, 0) is 87.3 Å². The lowest BCUT2D eigenvalue weighted by atomic mass is 9.99. The SMILES string of the molecule is CCC.CCC=C(CN[C@@H](C)CC)NCC(=O)NC(CCC)C(=O)NCCCc1cccc(F)c1CCC.Cc1cccc(F)c1. The number of nitrogens with one attached hydrogen (secondary N) is 4. The average Bonchev–Trinajstić information content (AvgIpc) is 3.02. The lowest BCUT2D eigenvalue weighted by Gasteiger charge is -2.19. The van der Waals surface area contributed by atoms with E-state index in [4.69, 9.17) is 0 Å². The molecule has 2 aromatic rings. The van der Waals surface area contributed by atoms with E-state index in [2.05, 4.69) is 62.0 Å². The highest BCUT2D eigenvalue weighted by atomic mass is 19.1. The van der Waals surface area contributed by atoms with Gasteiger partial charge in [0, 0.05) is 24.8 Å². The summed E-state index contributed by atoms with van der Waals surface area (Å²) < 4.78 is 26.3. The molecule has 0 aliphatic heterocycles. The van der Waals surface area contributed by atoms with Crippen LogP contribution in [0.1, 0.15) is 110 Å². The molecule has 2 aromatic carbocycles. The normalized spacial score (nSPS) is 12.1. The highest BCUT2D eigenvalue weighted by molar-refractivity contribution is 5.88. The molecule has 2 rings (SSSR count). The number of hydrogen-bond donors (Lipinski definition) is 4. The second kappa shape index (κ2) is 26.9. The first-order valence-corrected chi connectivity index (χ1v) is 17.3. The van der Waals surface area contributed by atoms with Gasteiger partial charge in [-0.1, -0.05) is 91.1 Å². The van der Waals surface area contributed by atoms with Gasteiger partial charge in [0.25, 0.3) is 0 Å². The summed E-state index contributed by atoms with van der Waals surface area (Å²) in [6, 6.07) is 11.6. The van der Waals surface area contributed by atoms with Crippen LogP contribution in [0.2, 0.25) is 0 Å². The maximum Gasteiger partial charge on any atom is 0.242 e. The van der Waals surface area contributed by atoms with E-state index in [0.29, 0.717) is 38.4 Å². The van der Waals surface area contributed by atoms with Crippen molar-refractivity contribution < 1.29 is 18.4 Å². The number of benzene rings is 2. The van der Waals surface area contributed by atoms with Gasteiger partial charge in [0.15, 0.2) is 0 Å². The van der Waals surface area contributed by atoms with E-state index >= 15 is 0 Å². The van der Waals surface area contributed by atoms with E-state index in [1.807, 2.05) is 32.9 Å². The minimum absolute atomic E-state index is 0.126. The fourth-order valence-corrected chi connectivity index (χ4v) is 4.47. The summed E-state index contributed by atoms with van der Waals surface area (Å²) in [6.45, 7) is 17.8. The second-order valence-corrected chi connectivity index (χ2v) is 11.6. The summed E-state index contributed by atoms with van der Waals surface area (Å²) >= 11 is 0. The third-order valence-corrected chi connectivity index (χ3v) is 7.03. The molecule has 0 bridgehead atoms. The molecule has 0 heterocycles. The fourth-order valence-electron chi connectivity index (χ4n) is 4.47. The monoisotopic (exact) mass is 644 g/mol. The number of allylic oxidation sites excluding steroid dienone is 1. The summed E-state index contributed by atoms with van der Waals surface area (Å²) in [5.41, 5.74) is 3.73. The van der Waals surface area contributed by atoms with Crippen molar-refractivity contribution in [2.75, 3.05) is 19.6 Å². The number of rotatable bonds is 18. The molecule has 1 unspecified atom stereocenters. The first kappa shape index (κ1) is 42.7. The summed E-state index contributed by atoms with van der Waals surface area (Å²) in [5.74, 6) is -0.686. The van der Waals surface area contributed by atoms with Crippen LogP contribution in [0.5, 0.6) is 0 Å². The highest BCUT2D eigenvalue weighted by Crippen LogP contribution is 2.17. The van der Waals surface area contributed by atoms with Crippen molar-refractivity contribution in [3.05, 3.63) is 82.6 Å². The van der Waals surface area contributed by atoms with E-state index < -0.39 is 6.04 Å². The van der Waals surface area contributed by atoms with Gasteiger partial charge in [0.1, 0.15) is 17.7 Å². The lowest BCUT2D eigenvalue weighted by molar-refractivity contribution is -0.128. The first-order valence-electron chi connectivity index (χ1n) is 17.3. The molecular formula is C38H62F2N4O2. The van der Waals surface area contributed by atoms with Gasteiger partial charge in [-0.3, -0.25) is 9.59 Å². The predicted octanol–water partition coefficient (Wildman–Crippen LogP) is 7.93. The molecule has 4 N–H and O–H groups in total. The van der Waals surface area contributed by atoms with Gasteiger partial charge in [0.2, 0.25) is 11.8 Å². The van der Waals surface area contributed by atoms with Crippen molar-refractivity contribution in [2.24, 2.45) is 0 Å². The van der Waals surface area contributed by atoms with Gasteiger partial charge >= 0.3 is 0 Å². The van der Waals surface area contributed by atoms with Crippen LogP contribution in [-0.2, 0) is 22.4 Å². The smallest absolute Gasteiger partial charge is 0.242 e. The van der Waals surface area contributed by atoms with Crippen LogP contribution in [0, 0.1) is 18.6 Å². The zero-order valence-corrected chi connectivity index (χ0v) is 29.8. The van der Waals surface area contributed by atoms with Crippen LogP contribution >= 0.6 is 0 Å². The number of amides is 2. The largest absolute Gasteiger partial charge is 0.379 e. The zero-order chi connectivity index (χ0) is 34.7. The van der Waals surface area contributed by atoms with Crippen LogP contribution in [-0.4, -0.2) is 43.5 Å².